The molecule has 3 unspecified atom stereocenters. The van der Waals surface area contributed by atoms with Crippen LogP contribution in [0.25, 0.3) is 0 Å². The first kappa shape index (κ1) is 24.2. The Labute approximate surface area is 205 Å². The number of ketones is 2. The van der Waals surface area contributed by atoms with Crippen molar-refractivity contribution in [3.8, 4) is 6.07 Å². The van der Waals surface area contributed by atoms with E-state index in [0.29, 0.717) is 23.7 Å². The third-order valence-corrected chi connectivity index (χ3v) is 12.2. The molecule has 5 rings (SSSR count). The maximum absolute atomic E-state index is 14.1. The van der Waals surface area contributed by atoms with E-state index in [1.807, 2.05) is 19.9 Å². The minimum atomic E-state index is -0.582. The van der Waals surface area contributed by atoms with Gasteiger partial charge in [-0.1, -0.05) is 47.6 Å². The molecule has 5 aliphatic rings. The molecule has 0 saturated heterocycles. The van der Waals surface area contributed by atoms with Gasteiger partial charge in [-0.25, -0.2) is 0 Å². The van der Waals surface area contributed by atoms with Crippen molar-refractivity contribution in [1.82, 2.24) is 0 Å². The van der Waals surface area contributed by atoms with Gasteiger partial charge >= 0.3 is 0 Å². The highest BCUT2D eigenvalue weighted by atomic mass is 16.3. The Morgan fingerprint density at radius 1 is 0.971 bits per heavy atom. The standard InChI is InChI=1S/C30H43NO3/c1-26(2)11-12-30(17-32)10-7-19-24(20(30)15-26)21(33)13-23-28(19,5)9-8-22-27(3,4)25(34)18(16-31)14-29(22,23)6/h14,19-20,22-24,32H,7-13,15,17H2,1-6H3/t19?,20?,22-,23-,24?,28-,29-,30-/m0/s1. The van der Waals surface area contributed by atoms with E-state index in [4.69, 9.17) is 0 Å². The van der Waals surface area contributed by atoms with Gasteiger partial charge in [0.15, 0.2) is 5.78 Å². The van der Waals surface area contributed by atoms with Crippen LogP contribution in [0, 0.1) is 68.0 Å². The molecule has 8 atom stereocenters. The van der Waals surface area contributed by atoms with E-state index in [0.717, 1.165) is 44.9 Å². The minimum Gasteiger partial charge on any atom is -0.396 e. The lowest BCUT2D eigenvalue weighted by Crippen LogP contribution is -2.65. The summed E-state index contributed by atoms with van der Waals surface area (Å²) in [6.45, 7) is 13.6. The van der Waals surface area contributed by atoms with Crippen molar-refractivity contribution in [2.24, 2.45) is 56.7 Å². The van der Waals surface area contributed by atoms with Gasteiger partial charge in [0.05, 0.1) is 5.57 Å². The Balaban J connectivity index is 1.59. The fourth-order valence-corrected chi connectivity index (χ4v) is 10.3. The first-order chi connectivity index (χ1) is 15.8. The zero-order valence-electron chi connectivity index (χ0n) is 22.0. The van der Waals surface area contributed by atoms with Gasteiger partial charge in [0.25, 0.3) is 0 Å². The number of carbonyl (C=O) groups is 2. The van der Waals surface area contributed by atoms with E-state index in [9.17, 15) is 20.0 Å². The summed E-state index contributed by atoms with van der Waals surface area (Å²) < 4.78 is 0. The third kappa shape index (κ3) is 2.98. The summed E-state index contributed by atoms with van der Waals surface area (Å²) in [6, 6.07) is 2.20. The molecule has 4 saturated carbocycles. The lowest BCUT2D eigenvalue weighted by atomic mass is 9.35. The minimum absolute atomic E-state index is 0.0145. The number of hydrogen-bond donors (Lipinski definition) is 1. The number of allylic oxidation sites excluding steroid dienone is 2. The number of rotatable bonds is 1. The van der Waals surface area contributed by atoms with Crippen LogP contribution in [0.2, 0.25) is 0 Å². The molecule has 4 fully saturated rings. The quantitative estimate of drug-likeness (QED) is 0.524. The van der Waals surface area contributed by atoms with Crippen LogP contribution in [-0.4, -0.2) is 23.3 Å². The maximum Gasteiger partial charge on any atom is 0.178 e. The molecule has 0 heterocycles. The highest BCUT2D eigenvalue weighted by Gasteiger charge is 2.68. The number of Topliss-reactive ketones (excluding diaryl/α,β-unsaturated/α-hetero) is 2. The van der Waals surface area contributed by atoms with Crippen molar-refractivity contribution in [3.05, 3.63) is 11.6 Å². The van der Waals surface area contributed by atoms with E-state index in [1.54, 1.807) is 0 Å². The Hall–Kier alpha value is -1.47. The summed E-state index contributed by atoms with van der Waals surface area (Å²) in [5.41, 5.74) is -0.482. The number of aliphatic hydroxyl groups excluding tert-OH is 1. The lowest BCUT2D eigenvalue weighted by Gasteiger charge is -2.68. The van der Waals surface area contributed by atoms with E-state index in [1.165, 1.54) is 0 Å². The second-order valence-corrected chi connectivity index (χ2v) is 14.6. The number of aliphatic hydroxyl groups is 1. The van der Waals surface area contributed by atoms with E-state index < -0.39 is 5.41 Å². The summed E-state index contributed by atoms with van der Waals surface area (Å²) in [7, 11) is 0. The Morgan fingerprint density at radius 2 is 1.68 bits per heavy atom. The van der Waals surface area contributed by atoms with Crippen molar-refractivity contribution >= 4 is 11.6 Å². The van der Waals surface area contributed by atoms with Crippen LogP contribution in [0.3, 0.4) is 0 Å². The molecule has 4 nitrogen and oxygen atoms in total. The van der Waals surface area contributed by atoms with Crippen molar-refractivity contribution < 1.29 is 14.7 Å². The molecule has 186 valence electrons. The van der Waals surface area contributed by atoms with Gasteiger partial charge in [-0.05, 0) is 90.3 Å². The largest absolute Gasteiger partial charge is 0.396 e. The summed E-state index contributed by atoms with van der Waals surface area (Å²) in [6.07, 6.45) is 9.75. The van der Waals surface area contributed by atoms with E-state index in [-0.39, 0.29) is 57.7 Å². The van der Waals surface area contributed by atoms with E-state index >= 15 is 0 Å². The highest BCUT2D eigenvalue weighted by molar-refractivity contribution is 6.04. The predicted octanol–water partition coefficient (Wildman–Crippen LogP) is 5.89. The number of nitrogens with zero attached hydrogens (tertiary/aromatic N) is 1. The first-order valence-electron chi connectivity index (χ1n) is 13.6. The van der Waals surface area contributed by atoms with Gasteiger partial charge in [0, 0.05) is 24.4 Å². The second-order valence-electron chi connectivity index (χ2n) is 14.6. The van der Waals surface area contributed by atoms with Crippen LogP contribution >= 0.6 is 0 Å². The normalized spacial score (nSPS) is 49.0. The Kier molecular flexibility index (Phi) is 5.19. The molecule has 5 aliphatic carbocycles. The van der Waals surface area contributed by atoms with Gasteiger partial charge < -0.3 is 5.11 Å². The lowest BCUT2D eigenvalue weighted by molar-refractivity contribution is -0.194. The van der Waals surface area contributed by atoms with Crippen molar-refractivity contribution in [3.63, 3.8) is 0 Å². The molecule has 0 aromatic carbocycles. The Morgan fingerprint density at radius 3 is 2.32 bits per heavy atom. The van der Waals surface area contributed by atoms with Crippen LogP contribution in [0.15, 0.2) is 11.6 Å². The molecule has 0 radical (unpaired) electrons. The summed E-state index contributed by atoms with van der Waals surface area (Å²) >= 11 is 0. The summed E-state index contributed by atoms with van der Waals surface area (Å²) in [4.78, 5) is 27.2. The van der Waals surface area contributed by atoms with Crippen LogP contribution in [-0.2, 0) is 9.59 Å². The average molecular weight is 466 g/mol. The zero-order chi connectivity index (χ0) is 24.9. The molecular weight excluding hydrogens is 422 g/mol. The molecule has 1 N–H and O–H groups in total. The van der Waals surface area contributed by atoms with Crippen LogP contribution in [0.4, 0.5) is 0 Å². The summed E-state index contributed by atoms with van der Waals surface area (Å²) in [5.74, 6) is 1.30. The Bertz CT molecular complexity index is 1000. The van der Waals surface area contributed by atoms with Crippen molar-refractivity contribution in [2.75, 3.05) is 6.61 Å². The van der Waals surface area contributed by atoms with Gasteiger partial charge in [-0.3, -0.25) is 9.59 Å². The smallest absolute Gasteiger partial charge is 0.178 e. The van der Waals surface area contributed by atoms with Crippen molar-refractivity contribution in [1.29, 1.82) is 5.26 Å². The number of nitriles is 1. The molecule has 0 bridgehead atoms. The highest BCUT2D eigenvalue weighted by Crippen LogP contribution is 2.71. The second kappa shape index (κ2) is 7.28. The number of hydrogen-bond acceptors (Lipinski definition) is 4. The van der Waals surface area contributed by atoms with Crippen LogP contribution in [0.1, 0.15) is 92.9 Å². The molecule has 0 aromatic heterocycles. The van der Waals surface area contributed by atoms with Crippen molar-refractivity contribution in [2.45, 2.75) is 92.9 Å². The molecule has 0 aromatic rings. The first-order valence-corrected chi connectivity index (χ1v) is 13.6. The molecule has 4 heteroatoms. The fourth-order valence-electron chi connectivity index (χ4n) is 10.3. The van der Waals surface area contributed by atoms with Gasteiger partial charge in [-0.15, -0.1) is 0 Å². The molecular formula is C30H43NO3. The average Bonchev–Trinajstić information content (AvgIpc) is 2.77. The fraction of sp³-hybridized carbons (Fsp3) is 0.833. The summed E-state index contributed by atoms with van der Waals surface area (Å²) in [5, 5.41) is 20.4. The maximum atomic E-state index is 14.1. The molecule has 34 heavy (non-hydrogen) atoms. The monoisotopic (exact) mass is 465 g/mol. The van der Waals surface area contributed by atoms with Gasteiger partial charge in [-0.2, -0.15) is 5.26 Å². The van der Waals surface area contributed by atoms with Crippen LogP contribution in [0.5, 0.6) is 0 Å². The zero-order valence-corrected chi connectivity index (χ0v) is 22.0. The molecule has 0 amide bonds. The third-order valence-electron chi connectivity index (χ3n) is 12.2. The SMILES string of the molecule is CC1(C)CC[C@]2(CO)CCC3C(C(=O)C[C@@H]4[C@@]5(C)C=C(C#N)C(=O)C(C)(C)[C@@H]5CC[C@@]34C)C2C1. The topological polar surface area (TPSA) is 78.2 Å². The predicted molar refractivity (Wildman–Crippen MR) is 131 cm³/mol. The number of fused-ring (bicyclic) bond motifs is 7. The van der Waals surface area contributed by atoms with Gasteiger partial charge in [0.2, 0.25) is 0 Å². The van der Waals surface area contributed by atoms with Crippen LogP contribution < -0.4 is 0 Å². The molecule has 0 spiro atoms. The number of carbonyl (C=O) groups excluding carboxylic acids is 2. The van der Waals surface area contributed by atoms with Gasteiger partial charge in [0.1, 0.15) is 11.9 Å². The molecule has 0 aliphatic heterocycles. The van der Waals surface area contributed by atoms with E-state index in [2.05, 4.69) is 33.8 Å².